The van der Waals surface area contributed by atoms with Crippen LogP contribution in [0.25, 0.3) is 0 Å². The fourth-order valence-corrected chi connectivity index (χ4v) is 1.99. The van der Waals surface area contributed by atoms with Gasteiger partial charge in [0.2, 0.25) is 0 Å². The van der Waals surface area contributed by atoms with Crippen LogP contribution in [0.3, 0.4) is 0 Å². The van der Waals surface area contributed by atoms with Crippen molar-refractivity contribution in [2.75, 3.05) is 26.7 Å². The molecule has 0 aliphatic carbocycles. The van der Waals surface area contributed by atoms with Crippen LogP contribution in [0.15, 0.2) is 0 Å². The van der Waals surface area contributed by atoms with Crippen molar-refractivity contribution in [2.45, 2.75) is 25.4 Å². The van der Waals surface area contributed by atoms with Crippen molar-refractivity contribution in [3.8, 4) is 12.3 Å². The van der Waals surface area contributed by atoms with E-state index in [1.54, 1.807) is 4.90 Å². The molecule has 2 atom stereocenters. The molecule has 0 bridgehead atoms. The molecule has 1 aliphatic heterocycles. The van der Waals surface area contributed by atoms with Crippen molar-refractivity contribution in [3.63, 3.8) is 0 Å². The van der Waals surface area contributed by atoms with E-state index in [-0.39, 0.29) is 18.5 Å². The highest BCUT2D eigenvalue weighted by molar-refractivity contribution is 5.83. The molecule has 1 aliphatic rings. The van der Waals surface area contributed by atoms with Gasteiger partial charge in [-0.05, 0) is 14.0 Å². The monoisotopic (exact) mass is 253 g/mol. The first-order valence-corrected chi connectivity index (χ1v) is 5.87. The number of amides is 2. The van der Waals surface area contributed by atoms with Crippen LogP contribution in [0, 0.1) is 12.3 Å². The maximum absolute atomic E-state index is 12.0. The summed E-state index contributed by atoms with van der Waals surface area (Å²) in [6.07, 6.45) is 5.07. The lowest BCUT2D eigenvalue weighted by Crippen LogP contribution is -2.57. The number of carbonyl (C=O) groups is 2. The molecule has 0 aromatic heterocycles. The normalized spacial score (nSPS) is 22.1. The number of nitrogens with one attached hydrogen (secondary N) is 1. The lowest BCUT2D eigenvalue weighted by Gasteiger charge is -2.38. The van der Waals surface area contributed by atoms with E-state index in [2.05, 4.69) is 16.1 Å². The number of urea groups is 1. The van der Waals surface area contributed by atoms with E-state index in [4.69, 9.17) is 11.5 Å². The predicted molar refractivity (Wildman–Crippen MR) is 67.1 cm³/mol. The van der Waals surface area contributed by atoms with Gasteiger partial charge < -0.3 is 20.2 Å². The van der Waals surface area contributed by atoms with Crippen LogP contribution >= 0.6 is 0 Å². The summed E-state index contributed by atoms with van der Waals surface area (Å²) in [6, 6.07) is -1.32. The van der Waals surface area contributed by atoms with Crippen LogP contribution < -0.4 is 5.32 Å². The maximum atomic E-state index is 12.0. The Morgan fingerprint density at radius 2 is 2.22 bits per heavy atom. The summed E-state index contributed by atoms with van der Waals surface area (Å²) in [6.45, 7) is 4.09. The highest BCUT2D eigenvalue weighted by Crippen LogP contribution is 2.08. The lowest BCUT2D eigenvalue weighted by molar-refractivity contribution is -0.139. The van der Waals surface area contributed by atoms with E-state index in [1.165, 1.54) is 0 Å². The fraction of sp³-hybridized carbons (Fsp3) is 0.667. The number of aliphatic carboxylic acids is 1. The Kier molecular flexibility index (Phi) is 4.98. The van der Waals surface area contributed by atoms with Crippen LogP contribution in [-0.4, -0.2) is 65.7 Å². The molecule has 1 heterocycles. The second-order valence-electron chi connectivity index (χ2n) is 4.55. The minimum absolute atomic E-state index is 0.0107. The molecule has 0 saturated carbocycles. The number of carbonyl (C=O) groups excluding carboxylic acids is 1. The molecule has 0 radical (unpaired) electrons. The van der Waals surface area contributed by atoms with Crippen LogP contribution in [0.5, 0.6) is 0 Å². The second kappa shape index (κ2) is 6.26. The van der Waals surface area contributed by atoms with Crippen LogP contribution in [0.2, 0.25) is 0 Å². The summed E-state index contributed by atoms with van der Waals surface area (Å²) in [5, 5.41) is 11.4. The van der Waals surface area contributed by atoms with Gasteiger partial charge in [-0.3, -0.25) is 0 Å². The Morgan fingerprint density at radius 3 is 2.72 bits per heavy atom. The van der Waals surface area contributed by atoms with E-state index in [0.717, 1.165) is 13.1 Å². The third-order valence-electron chi connectivity index (χ3n) is 3.01. The fourth-order valence-electron chi connectivity index (χ4n) is 1.99. The summed E-state index contributed by atoms with van der Waals surface area (Å²) in [5.41, 5.74) is 0. The molecule has 2 unspecified atom stereocenters. The van der Waals surface area contributed by atoms with Crippen molar-refractivity contribution in [2.24, 2.45) is 0 Å². The summed E-state index contributed by atoms with van der Waals surface area (Å²) >= 11 is 0. The maximum Gasteiger partial charge on any atom is 0.327 e. The molecule has 0 aromatic carbocycles. The number of likely N-dealkylation sites (N-methyl/N-ethyl adjacent to an activating group) is 1. The Balaban J connectivity index is 2.59. The van der Waals surface area contributed by atoms with Gasteiger partial charge >= 0.3 is 12.0 Å². The third kappa shape index (κ3) is 3.64. The van der Waals surface area contributed by atoms with Crippen molar-refractivity contribution < 1.29 is 14.7 Å². The number of terminal acetylenes is 1. The molecule has 18 heavy (non-hydrogen) atoms. The zero-order valence-electron chi connectivity index (χ0n) is 10.7. The Bertz CT molecular complexity index is 364. The third-order valence-corrected chi connectivity index (χ3v) is 3.01. The molecule has 1 saturated heterocycles. The molecule has 6 heteroatoms. The predicted octanol–water partition coefficient (Wildman–Crippen LogP) is -0.192. The molecule has 100 valence electrons. The van der Waals surface area contributed by atoms with Gasteiger partial charge in [-0.25, -0.2) is 9.59 Å². The van der Waals surface area contributed by atoms with Gasteiger partial charge in [-0.15, -0.1) is 12.3 Å². The zero-order chi connectivity index (χ0) is 13.7. The van der Waals surface area contributed by atoms with Gasteiger partial charge in [0, 0.05) is 32.1 Å². The molecule has 1 rings (SSSR count). The molecule has 2 amide bonds. The van der Waals surface area contributed by atoms with Crippen LogP contribution in [-0.2, 0) is 4.79 Å². The first-order valence-electron chi connectivity index (χ1n) is 5.87. The smallest absolute Gasteiger partial charge is 0.327 e. The molecule has 0 spiro atoms. The number of piperazine rings is 1. The SMILES string of the molecule is C#CCC(NC(=O)N1CCN(C)CC1C)C(=O)O. The van der Waals surface area contributed by atoms with Gasteiger partial charge in [0.25, 0.3) is 0 Å². The number of hydrogen-bond acceptors (Lipinski definition) is 3. The number of carboxylic acid groups (broad SMARTS) is 1. The van der Waals surface area contributed by atoms with Gasteiger partial charge in [0.05, 0.1) is 0 Å². The standard InChI is InChI=1S/C12H19N3O3/c1-4-5-10(11(16)17)13-12(18)15-7-6-14(3)8-9(15)2/h1,9-10H,5-8H2,2-3H3,(H,13,18)(H,16,17). The van der Waals surface area contributed by atoms with E-state index < -0.39 is 12.0 Å². The molecule has 0 aromatic rings. The van der Waals surface area contributed by atoms with Gasteiger partial charge in [-0.1, -0.05) is 0 Å². The highest BCUT2D eigenvalue weighted by atomic mass is 16.4. The summed E-state index contributed by atoms with van der Waals surface area (Å²) < 4.78 is 0. The number of hydrogen-bond donors (Lipinski definition) is 2. The lowest BCUT2D eigenvalue weighted by atomic mass is 10.2. The van der Waals surface area contributed by atoms with Crippen LogP contribution in [0.1, 0.15) is 13.3 Å². The first-order chi connectivity index (χ1) is 8.45. The highest BCUT2D eigenvalue weighted by Gasteiger charge is 2.28. The summed E-state index contributed by atoms with van der Waals surface area (Å²) in [4.78, 5) is 26.6. The molecule has 1 fully saturated rings. The van der Waals surface area contributed by atoms with Crippen molar-refractivity contribution in [3.05, 3.63) is 0 Å². The second-order valence-corrected chi connectivity index (χ2v) is 4.55. The molecule has 6 nitrogen and oxygen atoms in total. The minimum atomic E-state index is -1.11. The Labute approximate surface area is 107 Å². The number of carboxylic acids is 1. The van der Waals surface area contributed by atoms with Gasteiger partial charge in [0.15, 0.2) is 0 Å². The average molecular weight is 253 g/mol. The largest absolute Gasteiger partial charge is 0.480 e. The Morgan fingerprint density at radius 1 is 1.56 bits per heavy atom. The molecule has 2 N–H and O–H groups in total. The van der Waals surface area contributed by atoms with E-state index in [0.29, 0.717) is 6.54 Å². The quantitative estimate of drug-likeness (QED) is 0.684. The number of rotatable bonds is 3. The minimum Gasteiger partial charge on any atom is -0.480 e. The molecular weight excluding hydrogens is 234 g/mol. The summed E-state index contributed by atoms with van der Waals surface area (Å²) in [7, 11) is 1.99. The van der Waals surface area contributed by atoms with Crippen LogP contribution in [0.4, 0.5) is 4.79 Å². The van der Waals surface area contributed by atoms with Gasteiger partial charge in [0.1, 0.15) is 6.04 Å². The van der Waals surface area contributed by atoms with Crippen molar-refractivity contribution in [1.29, 1.82) is 0 Å². The van der Waals surface area contributed by atoms with Crippen molar-refractivity contribution >= 4 is 12.0 Å². The van der Waals surface area contributed by atoms with E-state index >= 15 is 0 Å². The number of nitrogens with zero attached hydrogens (tertiary/aromatic N) is 2. The van der Waals surface area contributed by atoms with Gasteiger partial charge in [-0.2, -0.15) is 0 Å². The van der Waals surface area contributed by atoms with Crippen molar-refractivity contribution in [1.82, 2.24) is 15.1 Å². The average Bonchev–Trinajstić information content (AvgIpc) is 2.27. The topological polar surface area (TPSA) is 72.9 Å². The van der Waals surface area contributed by atoms with E-state index in [1.807, 2.05) is 14.0 Å². The Hall–Kier alpha value is -1.74. The van der Waals surface area contributed by atoms with E-state index in [9.17, 15) is 9.59 Å². The first kappa shape index (κ1) is 14.3. The zero-order valence-corrected chi connectivity index (χ0v) is 10.7. The molecular formula is C12H19N3O3. The summed E-state index contributed by atoms with van der Waals surface area (Å²) in [5.74, 6) is 1.15.